The lowest BCUT2D eigenvalue weighted by molar-refractivity contribution is 0.419. The highest BCUT2D eigenvalue weighted by molar-refractivity contribution is 7.98. The molecule has 0 radical (unpaired) electrons. The number of piperidine rings is 1. The highest BCUT2D eigenvalue weighted by atomic mass is 35.5. The Labute approximate surface area is 137 Å². The molecule has 4 nitrogen and oxygen atoms in total. The molecule has 2 aliphatic rings. The van der Waals surface area contributed by atoms with Crippen LogP contribution in [0, 0.1) is 17.7 Å². The Morgan fingerprint density at radius 3 is 2.68 bits per heavy atom. The second-order valence-electron chi connectivity index (χ2n) is 6.11. The third kappa shape index (κ3) is 2.33. The highest BCUT2D eigenvalue weighted by Gasteiger charge is 2.34. The Morgan fingerprint density at radius 1 is 1.27 bits per heavy atom. The van der Waals surface area contributed by atoms with Crippen LogP contribution in [0.25, 0.3) is 10.9 Å². The molecular weight excluding hydrogens is 323 g/mol. The van der Waals surface area contributed by atoms with Crippen molar-refractivity contribution in [2.24, 2.45) is 11.8 Å². The maximum Gasteiger partial charge on any atom is 0.189 e. The van der Waals surface area contributed by atoms with Crippen molar-refractivity contribution in [2.45, 2.75) is 24.4 Å². The molecule has 1 saturated heterocycles. The van der Waals surface area contributed by atoms with E-state index >= 15 is 0 Å². The first kappa shape index (κ1) is 14.5. The number of hydrogen-bond donors (Lipinski definition) is 0. The molecule has 2 bridgehead atoms. The zero-order chi connectivity index (χ0) is 15.3. The molecule has 7 heteroatoms. The Hall–Kier alpha value is -1.14. The highest BCUT2D eigenvalue weighted by Crippen LogP contribution is 2.39. The fraction of sp³-hybridized carbons (Fsp3) is 0.533. The maximum absolute atomic E-state index is 14.3. The Morgan fingerprint density at radius 2 is 2.00 bits per heavy atom. The van der Waals surface area contributed by atoms with Gasteiger partial charge in [-0.05, 0) is 37.4 Å². The summed E-state index contributed by atoms with van der Waals surface area (Å²) in [6, 6.07) is 0. The normalized spacial score (nSPS) is 24.2. The number of fused-ring (bicyclic) bond motifs is 3. The Kier molecular flexibility index (Phi) is 3.61. The Balaban J connectivity index is 1.87. The summed E-state index contributed by atoms with van der Waals surface area (Å²) in [4.78, 5) is 15.2. The minimum Gasteiger partial charge on any atom is -0.355 e. The average Bonchev–Trinajstić information content (AvgIpc) is 2.88. The number of nitrogens with zero attached hydrogens (tertiary/aromatic N) is 4. The number of thioether (sulfide) groups is 1. The summed E-state index contributed by atoms with van der Waals surface area (Å²) in [6.45, 7) is 1.97. The molecule has 1 saturated carbocycles. The van der Waals surface area contributed by atoms with Crippen molar-refractivity contribution in [1.82, 2.24) is 15.0 Å². The topological polar surface area (TPSA) is 41.9 Å². The summed E-state index contributed by atoms with van der Waals surface area (Å²) in [6.07, 6.45) is 7.38. The Bertz CT molecular complexity index is 729. The molecule has 2 aromatic heterocycles. The van der Waals surface area contributed by atoms with Gasteiger partial charge in [0.15, 0.2) is 16.1 Å². The minimum absolute atomic E-state index is 0.136. The summed E-state index contributed by atoms with van der Waals surface area (Å²) in [7, 11) is 0. The van der Waals surface area contributed by atoms with Crippen molar-refractivity contribution in [3.8, 4) is 0 Å². The van der Waals surface area contributed by atoms with Gasteiger partial charge in [0.1, 0.15) is 11.3 Å². The summed E-state index contributed by atoms with van der Waals surface area (Å²) in [5.74, 6) is 1.70. The fourth-order valence-corrected chi connectivity index (χ4v) is 4.21. The first-order chi connectivity index (χ1) is 10.7. The van der Waals surface area contributed by atoms with Gasteiger partial charge in [-0.1, -0.05) is 23.4 Å². The van der Waals surface area contributed by atoms with E-state index in [2.05, 4.69) is 19.9 Å². The summed E-state index contributed by atoms with van der Waals surface area (Å²) in [5, 5.41) is 1.09. The van der Waals surface area contributed by atoms with E-state index in [1.807, 2.05) is 6.26 Å². The molecule has 4 rings (SSSR count). The zero-order valence-electron chi connectivity index (χ0n) is 12.2. The molecule has 0 N–H and O–H groups in total. The predicted octanol–water partition coefficient (Wildman–Crippen LogP) is 3.78. The van der Waals surface area contributed by atoms with Gasteiger partial charge in [0.2, 0.25) is 0 Å². The molecule has 2 aromatic rings. The lowest BCUT2D eigenvalue weighted by atomic mass is 9.99. The molecule has 22 heavy (non-hydrogen) atoms. The van der Waals surface area contributed by atoms with Gasteiger partial charge >= 0.3 is 0 Å². The van der Waals surface area contributed by atoms with Crippen LogP contribution in [-0.2, 0) is 0 Å². The van der Waals surface area contributed by atoms with Crippen LogP contribution < -0.4 is 4.90 Å². The molecule has 2 atom stereocenters. The summed E-state index contributed by atoms with van der Waals surface area (Å²) in [5.41, 5.74) is 0.271. The molecule has 2 unspecified atom stereocenters. The van der Waals surface area contributed by atoms with Crippen molar-refractivity contribution in [2.75, 3.05) is 24.2 Å². The molecular formula is C15H16ClFN4S. The third-order valence-electron chi connectivity index (χ3n) is 4.69. The van der Waals surface area contributed by atoms with E-state index in [9.17, 15) is 4.39 Å². The van der Waals surface area contributed by atoms with E-state index in [0.717, 1.165) is 30.7 Å². The molecule has 1 aliphatic carbocycles. The number of aromatic nitrogens is 3. The van der Waals surface area contributed by atoms with Crippen molar-refractivity contribution < 1.29 is 4.39 Å². The van der Waals surface area contributed by atoms with Crippen LogP contribution in [0.1, 0.15) is 19.3 Å². The average molecular weight is 339 g/mol. The summed E-state index contributed by atoms with van der Waals surface area (Å²) >= 11 is 7.23. The number of anilines is 1. The minimum atomic E-state index is -0.557. The monoisotopic (exact) mass is 338 g/mol. The molecule has 2 fully saturated rings. The van der Waals surface area contributed by atoms with E-state index in [-0.39, 0.29) is 10.7 Å². The number of rotatable bonds is 2. The van der Waals surface area contributed by atoms with E-state index < -0.39 is 5.82 Å². The van der Waals surface area contributed by atoms with E-state index in [4.69, 9.17) is 11.6 Å². The van der Waals surface area contributed by atoms with Gasteiger partial charge in [0, 0.05) is 19.3 Å². The first-order valence-corrected chi connectivity index (χ1v) is 9.06. The largest absolute Gasteiger partial charge is 0.355 e. The second-order valence-corrected chi connectivity index (χ2v) is 7.24. The first-order valence-electron chi connectivity index (χ1n) is 7.46. The van der Waals surface area contributed by atoms with Crippen molar-refractivity contribution in [3.05, 3.63) is 17.2 Å². The molecule has 0 spiro atoms. The van der Waals surface area contributed by atoms with Crippen LogP contribution in [0.3, 0.4) is 0 Å². The second kappa shape index (κ2) is 5.49. The maximum atomic E-state index is 14.3. The zero-order valence-corrected chi connectivity index (χ0v) is 13.8. The molecule has 0 amide bonds. The van der Waals surface area contributed by atoms with Gasteiger partial charge < -0.3 is 4.90 Å². The fourth-order valence-electron chi connectivity index (χ4n) is 3.71. The van der Waals surface area contributed by atoms with Crippen LogP contribution in [-0.4, -0.2) is 34.3 Å². The lowest BCUT2D eigenvalue weighted by Gasteiger charge is -2.33. The van der Waals surface area contributed by atoms with Crippen molar-refractivity contribution in [1.29, 1.82) is 0 Å². The SMILES string of the molecule is CSc1nc(N2CC3CCC(C3)C2)c2cnc(Cl)c(F)c2n1. The van der Waals surface area contributed by atoms with Crippen LogP contribution in [0.5, 0.6) is 0 Å². The van der Waals surface area contributed by atoms with Crippen molar-refractivity contribution in [3.63, 3.8) is 0 Å². The third-order valence-corrected chi connectivity index (χ3v) is 5.50. The van der Waals surface area contributed by atoms with E-state index in [1.165, 1.54) is 31.0 Å². The van der Waals surface area contributed by atoms with Gasteiger partial charge in [0.05, 0.1) is 5.39 Å². The molecule has 0 aromatic carbocycles. The molecule has 116 valence electrons. The van der Waals surface area contributed by atoms with Gasteiger partial charge in [-0.3, -0.25) is 0 Å². The van der Waals surface area contributed by atoms with Gasteiger partial charge in [-0.15, -0.1) is 0 Å². The van der Waals surface area contributed by atoms with Crippen LogP contribution in [0.2, 0.25) is 5.15 Å². The van der Waals surface area contributed by atoms with E-state index in [0.29, 0.717) is 10.5 Å². The lowest BCUT2D eigenvalue weighted by Crippen LogP contribution is -2.37. The number of pyridine rings is 1. The van der Waals surface area contributed by atoms with E-state index in [1.54, 1.807) is 6.20 Å². The molecule has 1 aliphatic heterocycles. The van der Waals surface area contributed by atoms with Crippen LogP contribution in [0.15, 0.2) is 11.4 Å². The van der Waals surface area contributed by atoms with Gasteiger partial charge in [-0.2, -0.15) is 0 Å². The molecule has 3 heterocycles. The number of hydrogen-bond acceptors (Lipinski definition) is 5. The van der Waals surface area contributed by atoms with Crippen LogP contribution in [0.4, 0.5) is 10.2 Å². The quantitative estimate of drug-likeness (QED) is 0.473. The van der Waals surface area contributed by atoms with Crippen molar-refractivity contribution >= 4 is 40.1 Å². The van der Waals surface area contributed by atoms with Gasteiger partial charge in [-0.25, -0.2) is 19.3 Å². The smallest absolute Gasteiger partial charge is 0.189 e. The summed E-state index contributed by atoms with van der Waals surface area (Å²) < 4.78 is 14.3. The standard InChI is InChI=1S/C15H16ClFN4S/c1-22-15-19-12-10(5-18-13(16)11(12)17)14(20-15)21-6-8-2-3-9(4-8)7-21/h5,8-9H,2-4,6-7H2,1H3. The van der Waals surface area contributed by atoms with Gasteiger partial charge in [0.25, 0.3) is 0 Å². The predicted molar refractivity (Wildman–Crippen MR) is 87.1 cm³/mol. The number of halogens is 2. The van der Waals surface area contributed by atoms with Crippen LogP contribution >= 0.6 is 23.4 Å².